The number of hydrogen-bond acceptors (Lipinski definition) is 6. The van der Waals surface area contributed by atoms with Gasteiger partial charge in [0.1, 0.15) is 11.1 Å². The molecule has 0 unspecified atom stereocenters. The van der Waals surface area contributed by atoms with Crippen LogP contribution in [0.5, 0.6) is 0 Å². The fourth-order valence-electron chi connectivity index (χ4n) is 2.27. The zero-order valence-electron chi connectivity index (χ0n) is 12.1. The fraction of sp³-hybridized carbons (Fsp3) is 0.357. The van der Waals surface area contributed by atoms with Crippen LogP contribution in [0.4, 0.5) is 5.13 Å². The van der Waals surface area contributed by atoms with Gasteiger partial charge in [-0.1, -0.05) is 35.1 Å². The van der Waals surface area contributed by atoms with E-state index >= 15 is 0 Å². The highest BCUT2D eigenvalue weighted by Gasteiger charge is 2.30. The van der Waals surface area contributed by atoms with E-state index in [1.807, 2.05) is 12.1 Å². The molecule has 1 saturated heterocycles. The van der Waals surface area contributed by atoms with Gasteiger partial charge in [-0.3, -0.25) is 10.1 Å². The molecule has 1 aliphatic heterocycles. The lowest BCUT2D eigenvalue weighted by atomic mass is 10.2. The van der Waals surface area contributed by atoms with Gasteiger partial charge in [0, 0.05) is 17.1 Å². The summed E-state index contributed by atoms with van der Waals surface area (Å²) in [7, 11) is 0. The predicted octanol–water partition coefficient (Wildman–Crippen LogP) is 2.73. The van der Waals surface area contributed by atoms with Crippen LogP contribution in [0.1, 0.15) is 12.8 Å². The van der Waals surface area contributed by atoms with Crippen molar-refractivity contribution in [1.29, 1.82) is 0 Å². The summed E-state index contributed by atoms with van der Waals surface area (Å²) >= 11 is 7.25. The van der Waals surface area contributed by atoms with Crippen molar-refractivity contribution < 1.29 is 9.53 Å². The maximum Gasteiger partial charge on any atom is 0.255 e. The van der Waals surface area contributed by atoms with Crippen LogP contribution in [0.2, 0.25) is 5.02 Å². The molecule has 6 nitrogen and oxygen atoms in total. The average molecular weight is 375 g/mol. The summed E-state index contributed by atoms with van der Waals surface area (Å²) in [6.07, 6.45) is 0.978. The first-order valence-corrected chi connectivity index (χ1v) is 8.11. The molecule has 3 N–H and O–H groups in total. The van der Waals surface area contributed by atoms with Gasteiger partial charge in [-0.15, -0.1) is 22.6 Å². The van der Waals surface area contributed by atoms with Crippen molar-refractivity contribution in [2.45, 2.75) is 25.0 Å². The second-order valence-corrected chi connectivity index (χ2v) is 6.39. The monoisotopic (exact) mass is 374 g/mol. The lowest BCUT2D eigenvalue weighted by Gasteiger charge is -2.10. The van der Waals surface area contributed by atoms with Crippen LogP contribution in [0.15, 0.2) is 24.3 Å². The van der Waals surface area contributed by atoms with Gasteiger partial charge in [0.05, 0.1) is 6.10 Å². The number of nitrogens with zero attached hydrogens (tertiary/aromatic N) is 2. The molecule has 1 aromatic carbocycles. The molecule has 2 heterocycles. The number of rotatable bonds is 4. The average Bonchev–Trinajstić information content (AvgIpc) is 3.16. The lowest BCUT2D eigenvalue weighted by molar-refractivity contribution is -0.126. The third-order valence-electron chi connectivity index (χ3n) is 3.39. The normalized spacial score (nSPS) is 20.1. The van der Waals surface area contributed by atoms with E-state index in [9.17, 15) is 4.79 Å². The van der Waals surface area contributed by atoms with Crippen LogP contribution in [-0.2, 0) is 9.53 Å². The zero-order chi connectivity index (χ0) is 15.5. The van der Waals surface area contributed by atoms with Gasteiger partial charge >= 0.3 is 0 Å². The Bertz CT molecular complexity index is 682. The second-order valence-electron chi connectivity index (χ2n) is 4.97. The molecule has 9 heteroatoms. The van der Waals surface area contributed by atoms with E-state index in [4.69, 9.17) is 22.1 Å². The quantitative estimate of drug-likeness (QED) is 0.858. The maximum absolute atomic E-state index is 12.1. The number of amides is 1. The standard InChI is InChI=1S/C14H15ClN4O2S.ClH/c15-9-3-1-2-8(6-9)13-18-19-14(22-13)17-12(20)11-5-4-10(7-16)21-11;/h1-3,6,10-11H,4-5,7,16H2,(H,17,19,20);1H/t10-,11+;/m1./s1. The highest BCUT2D eigenvalue weighted by Crippen LogP contribution is 2.28. The van der Waals surface area contributed by atoms with E-state index in [0.717, 1.165) is 12.0 Å². The van der Waals surface area contributed by atoms with Crippen LogP contribution < -0.4 is 11.1 Å². The number of nitrogens with one attached hydrogen (secondary N) is 1. The van der Waals surface area contributed by atoms with Gasteiger partial charge in [0.2, 0.25) is 5.13 Å². The molecule has 124 valence electrons. The summed E-state index contributed by atoms with van der Waals surface area (Å²) in [4.78, 5) is 12.1. The van der Waals surface area contributed by atoms with Crippen molar-refractivity contribution in [3.63, 3.8) is 0 Å². The summed E-state index contributed by atoms with van der Waals surface area (Å²) in [6, 6.07) is 7.33. The van der Waals surface area contributed by atoms with Gasteiger partial charge in [-0.05, 0) is 25.0 Å². The Morgan fingerprint density at radius 2 is 2.26 bits per heavy atom. The van der Waals surface area contributed by atoms with Crippen LogP contribution in [0, 0.1) is 0 Å². The number of hydrogen-bond donors (Lipinski definition) is 2. The van der Waals surface area contributed by atoms with E-state index in [2.05, 4.69) is 15.5 Å². The number of benzene rings is 1. The van der Waals surface area contributed by atoms with Crippen molar-refractivity contribution in [2.24, 2.45) is 5.73 Å². The predicted molar refractivity (Wildman–Crippen MR) is 93.2 cm³/mol. The number of carbonyl (C=O) groups excluding carboxylic acids is 1. The Hall–Kier alpha value is -1.25. The molecule has 0 bridgehead atoms. The van der Waals surface area contributed by atoms with E-state index < -0.39 is 6.10 Å². The highest BCUT2D eigenvalue weighted by atomic mass is 35.5. The first-order valence-electron chi connectivity index (χ1n) is 6.91. The Kier molecular flexibility index (Phi) is 6.32. The third-order valence-corrected chi connectivity index (χ3v) is 4.51. The summed E-state index contributed by atoms with van der Waals surface area (Å²) in [5.41, 5.74) is 6.41. The minimum Gasteiger partial charge on any atom is -0.364 e. The lowest BCUT2D eigenvalue weighted by Crippen LogP contribution is -2.29. The van der Waals surface area contributed by atoms with Crippen molar-refractivity contribution in [2.75, 3.05) is 11.9 Å². The highest BCUT2D eigenvalue weighted by molar-refractivity contribution is 7.18. The topological polar surface area (TPSA) is 90.1 Å². The van der Waals surface area contributed by atoms with E-state index in [1.54, 1.807) is 12.1 Å². The van der Waals surface area contributed by atoms with Gasteiger partial charge in [-0.2, -0.15) is 0 Å². The maximum atomic E-state index is 12.1. The molecular weight excluding hydrogens is 359 g/mol. The number of carbonyl (C=O) groups is 1. The van der Waals surface area contributed by atoms with Crippen LogP contribution in [0.25, 0.3) is 10.6 Å². The number of anilines is 1. The molecule has 0 radical (unpaired) electrons. The van der Waals surface area contributed by atoms with Gasteiger partial charge < -0.3 is 10.5 Å². The number of ether oxygens (including phenoxy) is 1. The summed E-state index contributed by atoms with van der Waals surface area (Å²) < 4.78 is 5.55. The second kappa shape index (κ2) is 8.03. The Morgan fingerprint density at radius 3 is 2.96 bits per heavy atom. The van der Waals surface area contributed by atoms with Crippen molar-refractivity contribution in [1.82, 2.24) is 10.2 Å². The Balaban J connectivity index is 0.00000192. The molecule has 1 amide bonds. The number of aromatic nitrogens is 2. The SMILES string of the molecule is Cl.NC[C@H]1CC[C@@H](C(=O)Nc2nnc(-c3cccc(Cl)c3)s2)O1. The van der Waals surface area contributed by atoms with E-state index in [-0.39, 0.29) is 24.4 Å². The van der Waals surface area contributed by atoms with E-state index in [1.165, 1.54) is 11.3 Å². The first-order chi connectivity index (χ1) is 10.7. The minimum absolute atomic E-state index is 0. The van der Waals surface area contributed by atoms with Crippen molar-refractivity contribution in [3.8, 4) is 10.6 Å². The van der Waals surface area contributed by atoms with Crippen LogP contribution >= 0.6 is 35.3 Å². The molecule has 0 saturated carbocycles. The molecule has 2 atom stereocenters. The molecular formula is C14H16Cl2N4O2S. The minimum atomic E-state index is -0.466. The molecule has 1 fully saturated rings. The molecule has 23 heavy (non-hydrogen) atoms. The molecule has 1 aromatic heterocycles. The smallest absolute Gasteiger partial charge is 0.255 e. The van der Waals surface area contributed by atoms with Gasteiger partial charge in [0.25, 0.3) is 5.91 Å². The Morgan fingerprint density at radius 1 is 1.43 bits per heavy atom. The fourth-order valence-corrected chi connectivity index (χ4v) is 3.20. The van der Waals surface area contributed by atoms with E-state index in [0.29, 0.717) is 28.1 Å². The number of nitrogens with two attached hydrogens (primary N) is 1. The molecule has 2 aromatic rings. The molecule has 3 rings (SSSR count). The summed E-state index contributed by atoms with van der Waals surface area (Å²) in [5.74, 6) is -0.204. The van der Waals surface area contributed by atoms with Gasteiger partial charge in [-0.25, -0.2) is 0 Å². The molecule has 0 aliphatic carbocycles. The van der Waals surface area contributed by atoms with Crippen LogP contribution in [0.3, 0.4) is 0 Å². The summed E-state index contributed by atoms with van der Waals surface area (Å²) in [5, 5.41) is 12.6. The number of halogens is 2. The van der Waals surface area contributed by atoms with Crippen molar-refractivity contribution in [3.05, 3.63) is 29.3 Å². The zero-order valence-corrected chi connectivity index (χ0v) is 14.5. The third kappa shape index (κ3) is 4.39. The molecule has 0 spiro atoms. The first kappa shape index (κ1) is 18.1. The molecule has 1 aliphatic rings. The Labute approximate surface area is 148 Å². The largest absolute Gasteiger partial charge is 0.364 e. The van der Waals surface area contributed by atoms with Crippen LogP contribution in [-0.4, -0.2) is 34.9 Å². The summed E-state index contributed by atoms with van der Waals surface area (Å²) in [6.45, 7) is 0.432. The van der Waals surface area contributed by atoms with Crippen molar-refractivity contribution >= 4 is 46.4 Å². The van der Waals surface area contributed by atoms with Gasteiger partial charge in [0.15, 0.2) is 0 Å².